The highest BCUT2D eigenvalue weighted by molar-refractivity contribution is 7.88. The van der Waals surface area contributed by atoms with E-state index >= 15 is 0 Å². The zero-order valence-electron chi connectivity index (χ0n) is 10.1. The van der Waals surface area contributed by atoms with Gasteiger partial charge in [-0.1, -0.05) is 18.2 Å². The molecular weight excluding hydrogens is 259 g/mol. The maximum Gasteiger partial charge on any atom is 0.238 e. The van der Waals surface area contributed by atoms with Crippen molar-refractivity contribution < 1.29 is 17.6 Å². The molecule has 0 aliphatic rings. The zero-order valence-corrected chi connectivity index (χ0v) is 10.9. The molecule has 0 aliphatic heterocycles. The molecule has 2 N–H and O–H groups in total. The van der Waals surface area contributed by atoms with E-state index < -0.39 is 27.8 Å². The van der Waals surface area contributed by atoms with Gasteiger partial charge in [0.05, 0.1) is 6.26 Å². The molecule has 1 aromatic carbocycles. The van der Waals surface area contributed by atoms with Crippen LogP contribution in [-0.2, 0) is 21.2 Å². The number of rotatable bonds is 5. The largest absolute Gasteiger partial charge is 0.358 e. The highest BCUT2D eigenvalue weighted by atomic mass is 32.2. The number of hydrogen-bond acceptors (Lipinski definition) is 3. The second kappa shape index (κ2) is 5.92. The minimum Gasteiger partial charge on any atom is -0.358 e. The molecule has 0 spiro atoms. The van der Waals surface area contributed by atoms with Crippen molar-refractivity contribution in [3.8, 4) is 0 Å². The van der Waals surface area contributed by atoms with Gasteiger partial charge in [0.25, 0.3) is 0 Å². The fourth-order valence-electron chi connectivity index (χ4n) is 1.50. The van der Waals surface area contributed by atoms with Crippen LogP contribution >= 0.6 is 0 Å². The summed E-state index contributed by atoms with van der Waals surface area (Å²) in [5, 5.41) is 2.34. The molecule has 0 fully saturated rings. The third-order valence-corrected chi connectivity index (χ3v) is 3.01. The minimum atomic E-state index is -3.54. The van der Waals surface area contributed by atoms with E-state index in [0.717, 1.165) is 6.26 Å². The lowest BCUT2D eigenvalue weighted by molar-refractivity contribution is -0.122. The van der Waals surface area contributed by atoms with Gasteiger partial charge in [0.1, 0.15) is 11.9 Å². The second-order valence-electron chi connectivity index (χ2n) is 3.85. The molecule has 5 nitrogen and oxygen atoms in total. The summed E-state index contributed by atoms with van der Waals surface area (Å²) in [5.74, 6) is -0.981. The summed E-state index contributed by atoms with van der Waals surface area (Å²) >= 11 is 0. The molecule has 0 aliphatic carbocycles. The van der Waals surface area contributed by atoms with Crippen LogP contribution in [0.15, 0.2) is 24.3 Å². The Balaban J connectivity index is 2.92. The monoisotopic (exact) mass is 274 g/mol. The Bertz CT molecular complexity index is 531. The van der Waals surface area contributed by atoms with Crippen molar-refractivity contribution in [2.45, 2.75) is 12.5 Å². The summed E-state index contributed by atoms with van der Waals surface area (Å²) in [6, 6.07) is 4.89. The topological polar surface area (TPSA) is 75.3 Å². The van der Waals surface area contributed by atoms with Crippen molar-refractivity contribution in [2.24, 2.45) is 0 Å². The van der Waals surface area contributed by atoms with E-state index in [-0.39, 0.29) is 12.0 Å². The molecule has 0 radical (unpaired) electrons. The molecule has 7 heteroatoms. The maximum absolute atomic E-state index is 13.4. The van der Waals surface area contributed by atoms with Crippen LogP contribution < -0.4 is 10.0 Å². The van der Waals surface area contributed by atoms with Crippen LogP contribution in [0.5, 0.6) is 0 Å². The van der Waals surface area contributed by atoms with Crippen LogP contribution in [0.25, 0.3) is 0 Å². The van der Waals surface area contributed by atoms with E-state index in [1.165, 1.54) is 25.2 Å². The van der Waals surface area contributed by atoms with E-state index in [1.54, 1.807) is 6.07 Å². The van der Waals surface area contributed by atoms with Crippen molar-refractivity contribution in [3.05, 3.63) is 35.6 Å². The standard InChI is InChI=1S/C11H15FN2O3S/c1-13-11(15)10(14-18(2,16)17)7-8-5-3-4-6-9(8)12/h3-6,10,14H,7H2,1-2H3,(H,13,15). The third kappa shape index (κ3) is 4.42. The molecule has 100 valence electrons. The Labute approximate surface area is 105 Å². The molecule has 0 aromatic heterocycles. The fourth-order valence-corrected chi connectivity index (χ4v) is 2.21. The number of hydrogen-bond donors (Lipinski definition) is 2. The summed E-state index contributed by atoms with van der Waals surface area (Å²) in [6.07, 6.45) is 0.906. The maximum atomic E-state index is 13.4. The van der Waals surface area contributed by atoms with Gasteiger partial charge in [-0.05, 0) is 11.6 Å². The lowest BCUT2D eigenvalue weighted by Crippen LogP contribution is -2.46. The van der Waals surface area contributed by atoms with E-state index in [2.05, 4.69) is 10.0 Å². The van der Waals surface area contributed by atoms with Crippen molar-refractivity contribution in [1.82, 2.24) is 10.0 Å². The summed E-state index contributed by atoms with van der Waals surface area (Å²) in [4.78, 5) is 11.5. The smallest absolute Gasteiger partial charge is 0.238 e. The van der Waals surface area contributed by atoms with Crippen LogP contribution in [-0.4, -0.2) is 33.7 Å². The molecule has 1 amide bonds. The van der Waals surface area contributed by atoms with Crippen LogP contribution in [0.4, 0.5) is 4.39 Å². The summed E-state index contributed by atoms with van der Waals surface area (Å²) in [5.41, 5.74) is 0.280. The van der Waals surface area contributed by atoms with Crippen molar-refractivity contribution in [2.75, 3.05) is 13.3 Å². The van der Waals surface area contributed by atoms with E-state index in [1.807, 2.05) is 0 Å². The first-order chi connectivity index (χ1) is 8.33. The Morgan fingerprint density at radius 1 is 1.39 bits per heavy atom. The molecular formula is C11H15FN2O3S. The third-order valence-electron chi connectivity index (χ3n) is 2.30. The summed E-state index contributed by atoms with van der Waals surface area (Å²) in [6.45, 7) is 0. The van der Waals surface area contributed by atoms with Gasteiger partial charge >= 0.3 is 0 Å². The lowest BCUT2D eigenvalue weighted by atomic mass is 10.1. The quantitative estimate of drug-likeness (QED) is 0.795. The molecule has 18 heavy (non-hydrogen) atoms. The number of sulfonamides is 1. The fraction of sp³-hybridized carbons (Fsp3) is 0.364. The molecule has 0 saturated carbocycles. The van der Waals surface area contributed by atoms with Gasteiger partial charge in [-0.2, -0.15) is 0 Å². The molecule has 1 atom stereocenters. The van der Waals surface area contributed by atoms with Crippen molar-refractivity contribution in [1.29, 1.82) is 0 Å². The number of carbonyl (C=O) groups is 1. The number of benzene rings is 1. The molecule has 1 rings (SSSR count). The van der Waals surface area contributed by atoms with Gasteiger partial charge < -0.3 is 5.32 Å². The second-order valence-corrected chi connectivity index (χ2v) is 5.63. The predicted octanol–water partition coefficient (Wildman–Crippen LogP) is 0.0320. The Morgan fingerprint density at radius 2 is 2.00 bits per heavy atom. The lowest BCUT2D eigenvalue weighted by Gasteiger charge is -2.16. The van der Waals surface area contributed by atoms with Gasteiger partial charge in [-0.3, -0.25) is 4.79 Å². The van der Waals surface area contributed by atoms with Crippen LogP contribution in [0.1, 0.15) is 5.56 Å². The van der Waals surface area contributed by atoms with Gasteiger partial charge in [0, 0.05) is 13.5 Å². The number of halogens is 1. The van der Waals surface area contributed by atoms with Gasteiger partial charge in [-0.15, -0.1) is 0 Å². The highest BCUT2D eigenvalue weighted by Crippen LogP contribution is 2.09. The predicted molar refractivity (Wildman–Crippen MR) is 65.9 cm³/mol. The van der Waals surface area contributed by atoms with Crippen LogP contribution in [0.3, 0.4) is 0 Å². The zero-order chi connectivity index (χ0) is 13.8. The van der Waals surface area contributed by atoms with Crippen LogP contribution in [0, 0.1) is 5.82 Å². The van der Waals surface area contributed by atoms with Gasteiger partial charge in [0.2, 0.25) is 15.9 Å². The van der Waals surface area contributed by atoms with Gasteiger partial charge in [-0.25, -0.2) is 17.5 Å². The average Bonchev–Trinajstić information content (AvgIpc) is 2.28. The number of likely N-dealkylation sites (N-methyl/N-ethyl adjacent to an activating group) is 1. The van der Waals surface area contributed by atoms with E-state index in [9.17, 15) is 17.6 Å². The SMILES string of the molecule is CNC(=O)C(Cc1ccccc1F)NS(C)(=O)=O. The van der Waals surface area contributed by atoms with Crippen molar-refractivity contribution >= 4 is 15.9 Å². The Morgan fingerprint density at radius 3 is 2.50 bits per heavy atom. The molecule has 0 bridgehead atoms. The first-order valence-electron chi connectivity index (χ1n) is 5.26. The van der Waals surface area contributed by atoms with Crippen molar-refractivity contribution in [3.63, 3.8) is 0 Å². The molecule has 0 saturated heterocycles. The average molecular weight is 274 g/mol. The van der Waals surface area contributed by atoms with Crippen LogP contribution in [0.2, 0.25) is 0 Å². The number of carbonyl (C=O) groups excluding carboxylic acids is 1. The van der Waals surface area contributed by atoms with Gasteiger partial charge in [0.15, 0.2) is 0 Å². The number of amides is 1. The van der Waals surface area contributed by atoms with E-state index in [0.29, 0.717) is 0 Å². The Hall–Kier alpha value is -1.47. The molecule has 1 unspecified atom stereocenters. The first kappa shape index (κ1) is 14.6. The number of nitrogens with one attached hydrogen (secondary N) is 2. The highest BCUT2D eigenvalue weighted by Gasteiger charge is 2.22. The summed E-state index contributed by atoms with van der Waals surface area (Å²) < 4.78 is 37.9. The van der Waals surface area contributed by atoms with E-state index in [4.69, 9.17) is 0 Å². The Kier molecular flexibility index (Phi) is 4.80. The normalized spacial score (nSPS) is 13.1. The minimum absolute atomic E-state index is 0.0422. The summed E-state index contributed by atoms with van der Waals surface area (Å²) in [7, 11) is -2.16. The molecule has 0 heterocycles. The first-order valence-corrected chi connectivity index (χ1v) is 7.15. The molecule has 1 aromatic rings.